The second kappa shape index (κ2) is 8.22. The van der Waals surface area contributed by atoms with Gasteiger partial charge in [-0.1, -0.05) is 6.07 Å². The number of hydrogen-bond acceptors (Lipinski definition) is 5. The third kappa shape index (κ3) is 4.17. The molecule has 1 amide bonds. The molecule has 3 heterocycles. The zero-order chi connectivity index (χ0) is 21.3. The molecule has 1 unspecified atom stereocenters. The minimum Gasteiger partial charge on any atom is -0.354 e. The highest BCUT2D eigenvalue weighted by Crippen LogP contribution is 2.24. The summed E-state index contributed by atoms with van der Waals surface area (Å²) in [7, 11) is 0. The summed E-state index contributed by atoms with van der Waals surface area (Å²) in [6.45, 7) is 6.98. The Labute approximate surface area is 174 Å². The third-order valence-corrected chi connectivity index (χ3v) is 5.42. The maximum Gasteiger partial charge on any atom is 0.229 e. The SMILES string of the molecule is Cc1cc(C)n(-c2ccc(N3CCCC(C(=O)Nc4ccc(C)c(F)c4)C3)nn2)n1. The molecular formula is C22H25FN6O. The van der Waals surface area contributed by atoms with E-state index in [1.54, 1.807) is 23.7 Å². The van der Waals surface area contributed by atoms with Crippen LogP contribution < -0.4 is 10.2 Å². The van der Waals surface area contributed by atoms with E-state index in [1.807, 2.05) is 32.0 Å². The number of piperidine rings is 1. The van der Waals surface area contributed by atoms with Crippen LogP contribution in [0.4, 0.5) is 15.9 Å². The summed E-state index contributed by atoms with van der Waals surface area (Å²) >= 11 is 0. The van der Waals surface area contributed by atoms with E-state index in [2.05, 4.69) is 25.5 Å². The predicted octanol–water partition coefficient (Wildman–Crippen LogP) is 3.58. The van der Waals surface area contributed by atoms with Crippen molar-refractivity contribution >= 4 is 17.4 Å². The topological polar surface area (TPSA) is 75.9 Å². The van der Waals surface area contributed by atoms with Gasteiger partial charge < -0.3 is 10.2 Å². The Hall–Kier alpha value is -3.29. The zero-order valence-electron chi connectivity index (χ0n) is 17.4. The van der Waals surface area contributed by atoms with Gasteiger partial charge in [0.1, 0.15) is 5.82 Å². The predicted molar refractivity (Wildman–Crippen MR) is 113 cm³/mol. The largest absolute Gasteiger partial charge is 0.354 e. The summed E-state index contributed by atoms with van der Waals surface area (Å²) in [5.74, 6) is 0.781. The fraction of sp³-hybridized carbons (Fsp3) is 0.364. The monoisotopic (exact) mass is 408 g/mol. The van der Waals surface area contributed by atoms with Gasteiger partial charge >= 0.3 is 0 Å². The van der Waals surface area contributed by atoms with Crippen molar-refractivity contribution in [3.63, 3.8) is 0 Å². The first-order valence-electron chi connectivity index (χ1n) is 10.1. The van der Waals surface area contributed by atoms with E-state index in [-0.39, 0.29) is 17.6 Å². The molecule has 1 aliphatic heterocycles. The average Bonchev–Trinajstić information content (AvgIpc) is 3.09. The summed E-state index contributed by atoms with van der Waals surface area (Å²) in [6, 6.07) is 10.5. The van der Waals surface area contributed by atoms with Gasteiger partial charge in [-0.3, -0.25) is 4.79 Å². The van der Waals surface area contributed by atoms with Crippen molar-refractivity contribution in [1.82, 2.24) is 20.0 Å². The second-order valence-corrected chi connectivity index (χ2v) is 7.83. The van der Waals surface area contributed by atoms with Crippen LogP contribution in [-0.2, 0) is 4.79 Å². The zero-order valence-corrected chi connectivity index (χ0v) is 17.4. The molecule has 7 nitrogen and oxygen atoms in total. The van der Waals surface area contributed by atoms with Crippen molar-refractivity contribution in [1.29, 1.82) is 0 Å². The number of nitrogens with zero attached hydrogens (tertiary/aromatic N) is 5. The first kappa shape index (κ1) is 20.0. The number of amides is 1. The molecule has 8 heteroatoms. The van der Waals surface area contributed by atoms with Crippen LogP contribution in [0, 0.1) is 32.5 Å². The van der Waals surface area contributed by atoms with Crippen molar-refractivity contribution in [2.24, 2.45) is 5.92 Å². The molecule has 4 rings (SSSR count). The van der Waals surface area contributed by atoms with Crippen LogP contribution in [0.2, 0.25) is 0 Å². The molecule has 1 atom stereocenters. The van der Waals surface area contributed by atoms with Crippen LogP contribution in [0.5, 0.6) is 0 Å². The van der Waals surface area contributed by atoms with E-state index in [0.717, 1.165) is 36.6 Å². The van der Waals surface area contributed by atoms with Crippen LogP contribution in [0.1, 0.15) is 29.8 Å². The lowest BCUT2D eigenvalue weighted by Gasteiger charge is -2.32. The van der Waals surface area contributed by atoms with Crippen LogP contribution in [-0.4, -0.2) is 39.0 Å². The molecule has 0 radical (unpaired) electrons. The lowest BCUT2D eigenvalue weighted by Crippen LogP contribution is -2.41. The Bertz CT molecular complexity index is 1060. The number of rotatable bonds is 4. The minimum atomic E-state index is -0.323. The van der Waals surface area contributed by atoms with Crippen molar-refractivity contribution in [2.45, 2.75) is 33.6 Å². The lowest BCUT2D eigenvalue weighted by atomic mass is 9.97. The molecule has 1 aromatic carbocycles. The molecule has 0 bridgehead atoms. The second-order valence-electron chi connectivity index (χ2n) is 7.83. The Kier molecular flexibility index (Phi) is 5.48. The van der Waals surface area contributed by atoms with Gasteiger partial charge in [-0.2, -0.15) is 5.10 Å². The number of nitrogens with one attached hydrogen (secondary N) is 1. The number of anilines is 2. The van der Waals surface area contributed by atoms with Crippen molar-refractivity contribution in [2.75, 3.05) is 23.3 Å². The van der Waals surface area contributed by atoms with Gasteiger partial charge in [-0.05, 0) is 69.5 Å². The first-order chi connectivity index (χ1) is 14.4. The fourth-order valence-corrected chi connectivity index (χ4v) is 3.77. The molecule has 1 aliphatic rings. The van der Waals surface area contributed by atoms with Gasteiger partial charge in [-0.25, -0.2) is 9.07 Å². The van der Waals surface area contributed by atoms with Gasteiger partial charge in [0.15, 0.2) is 11.6 Å². The highest BCUT2D eigenvalue weighted by Gasteiger charge is 2.27. The number of aromatic nitrogens is 4. The highest BCUT2D eigenvalue weighted by atomic mass is 19.1. The Morgan fingerprint density at radius 3 is 2.53 bits per heavy atom. The molecule has 1 N–H and O–H groups in total. The highest BCUT2D eigenvalue weighted by molar-refractivity contribution is 5.93. The molecule has 3 aromatic rings. The van der Waals surface area contributed by atoms with E-state index in [1.165, 1.54) is 6.07 Å². The van der Waals surface area contributed by atoms with Gasteiger partial charge in [0.05, 0.1) is 11.6 Å². The van der Waals surface area contributed by atoms with E-state index < -0.39 is 0 Å². The lowest BCUT2D eigenvalue weighted by molar-refractivity contribution is -0.120. The van der Waals surface area contributed by atoms with Gasteiger partial charge in [0.2, 0.25) is 5.91 Å². The van der Waals surface area contributed by atoms with Gasteiger partial charge in [0, 0.05) is 24.5 Å². The summed E-state index contributed by atoms with van der Waals surface area (Å²) in [5.41, 5.74) is 2.96. The molecule has 2 aromatic heterocycles. The van der Waals surface area contributed by atoms with Crippen molar-refractivity contribution in [3.8, 4) is 5.82 Å². The van der Waals surface area contributed by atoms with Crippen molar-refractivity contribution < 1.29 is 9.18 Å². The van der Waals surface area contributed by atoms with Crippen LogP contribution in [0.3, 0.4) is 0 Å². The average molecular weight is 408 g/mol. The van der Waals surface area contributed by atoms with Gasteiger partial charge in [-0.15, -0.1) is 10.2 Å². The molecule has 30 heavy (non-hydrogen) atoms. The summed E-state index contributed by atoms with van der Waals surface area (Å²) in [6.07, 6.45) is 1.66. The number of aryl methyl sites for hydroxylation is 3. The Morgan fingerprint density at radius 2 is 1.87 bits per heavy atom. The quantitative estimate of drug-likeness (QED) is 0.714. The molecule has 1 fully saturated rings. The number of carbonyl (C=O) groups is 1. The van der Waals surface area contributed by atoms with Crippen LogP contribution in [0.25, 0.3) is 5.82 Å². The third-order valence-electron chi connectivity index (χ3n) is 5.42. The summed E-state index contributed by atoms with van der Waals surface area (Å²) in [5, 5.41) is 16.0. The fourth-order valence-electron chi connectivity index (χ4n) is 3.77. The van der Waals surface area contributed by atoms with Crippen LogP contribution >= 0.6 is 0 Å². The molecule has 0 aliphatic carbocycles. The van der Waals surface area contributed by atoms with E-state index >= 15 is 0 Å². The smallest absolute Gasteiger partial charge is 0.229 e. The Balaban J connectivity index is 1.43. The molecule has 156 valence electrons. The van der Waals surface area contributed by atoms with E-state index in [0.29, 0.717) is 23.6 Å². The van der Waals surface area contributed by atoms with E-state index in [9.17, 15) is 9.18 Å². The molecule has 0 saturated carbocycles. The molecule has 1 saturated heterocycles. The first-order valence-corrected chi connectivity index (χ1v) is 10.1. The summed E-state index contributed by atoms with van der Waals surface area (Å²) in [4.78, 5) is 14.8. The van der Waals surface area contributed by atoms with E-state index in [4.69, 9.17) is 0 Å². The molecular weight excluding hydrogens is 383 g/mol. The maximum absolute atomic E-state index is 13.8. The number of hydrogen-bond donors (Lipinski definition) is 1. The number of carbonyl (C=O) groups excluding carboxylic acids is 1. The minimum absolute atomic E-state index is 0.102. The normalized spacial score (nSPS) is 16.5. The number of benzene rings is 1. The van der Waals surface area contributed by atoms with Crippen molar-refractivity contribution in [3.05, 3.63) is 59.2 Å². The van der Waals surface area contributed by atoms with Gasteiger partial charge in [0.25, 0.3) is 0 Å². The van der Waals surface area contributed by atoms with Crippen LogP contribution in [0.15, 0.2) is 36.4 Å². The summed E-state index contributed by atoms with van der Waals surface area (Å²) < 4.78 is 15.5. The Morgan fingerprint density at radius 1 is 1.10 bits per heavy atom. The standard InChI is InChI=1S/C22H25FN6O/c1-14-6-7-18(12-19(14)23)24-22(30)17-5-4-10-28(13-17)20-8-9-21(26-25-20)29-16(3)11-15(2)27-29/h6-9,11-12,17H,4-5,10,13H2,1-3H3,(H,24,30). The molecule has 0 spiro atoms. The number of halogens is 1. The maximum atomic E-state index is 13.8.